The van der Waals surface area contributed by atoms with Crippen molar-refractivity contribution >= 4 is 50.7 Å². The number of nitrogens with one attached hydrogen (secondary N) is 1. The number of ether oxygens (including phenoxy) is 1. The van der Waals surface area contributed by atoms with Gasteiger partial charge >= 0.3 is 0 Å². The van der Waals surface area contributed by atoms with Crippen molar-refractivity contribution in [2.24, 2.45) is 5.92 Å². The van der Waals surface area contributed by atoms with Crippen molar-refractivity contribution in [2.45, 2.75) is 46.2 Å². The minimum Gasteiger partial charge on any atom is -0.497 e. The molecule has 37 heavy (non-hydrogen) atoms. The van der Waals surface area contributed by atoms with E-state index < -0.39 is 16.1 Å². The second-order valence-electron chi connectivity index (χ2n) is 9.18. The Morgan fingerprint density at radius 1 is 1.05 bits per heavy atom. The molecule has 2 aromatic rings. The molecule has 1 N–H and O–H groups in total. The molecular formula is C26H35Cl2N3O5S. The highest BCUT2D eigenvalue weighted by Gasteiger charge is 2.28. The Morgan fingerprint density at radius 2 is 1.68 bits per heavy atom. The van der Waals surface area contributed by atoms with Crippen molar-refractivity contribution in [2.75, 3.05) is 30.8 Å². The van der Waals surface area contributed by atoms with Crippen LogP contribution in [0.1, 0.15) is 39.2 Å². The van der Waals surface area contributed by atoms with Crippen molar-refractivity contribution in [3.8, 4) is 5.75 Å². The number of hydrogen-bond acceptors (Lipinski definition) is 5. The van der Waals surface area contributed by atoms with Crippen molar-refractivity contribution < 1.29 is 22.7 Å². The first kappa shape index (κ1) is 30.7. The van der Waals surface area contributed by atoms with E-state index >= 15 is 0 Å². The van der Waals surface area contributed by atoms with Crippen molar-refractivity contribution in [1.29, 1.82) is 0 Å². The van der Waals surface area contributed by atoms with Crippen LogP contribution in [0.5, 0.6) is 5.75 Å². The molecule has 2 rings (SSSR count). The van der Waals surface area contributed by atoms with Crippen LogP contribution in [0.25, 0.3) is 0 Å². The minimum absolute atomic E-state index is 0.0138. The summed E-state index contributed by atoms with van der Waals surface area (Å²) in [6, 6.07) is 11.0. The molecule has 1 atom stereocenters. The molecule has 0 radical (unpaired) electrons. The van der Waals surface area contributed by atoms with Crippen LogP contribution in [-0.4, -0.2) is 57.6 Å². The molecule has 0 aromatic heterocycles. The monoisotopic (exact) mass is 571 g/mol. The normalized spacial score (nSPS) is 12.2. The van der Waals surface area contributed by atoms with E-state index in [-0.39, 0.29) is 43.7 Å². The van der Waals surface area contributed by atoms with Crippen LogP contribution in [0, 0.1) is 5.92 Å². The predicted octanol–water partition coefficient (Wildman–Crippen LogP) is 4.74. The highest BCUT2D eigenvalue weighted by molar-refractivity contribution is 7.92. The maximum Gasteiger partial charge on any atom is 0.242 e. The number of nitrogens with zero attached hydrogens (tertiary/aromatic N) is 2. The van der Waals surface area contributed by atoms with E-state index in [0.717, 1.165) is 6.26 Å². The van der Waals surface area contributed by atoms with Gasteiger partial charge in [0, 0.05) is 47.7 Å². The number of sulfonamides is 1. The molecule has 0 saturated heterocycles. The molecule has 0 fully saturated rings. The van der Waals surface area contributed by atoms with Gasteiger partial charge in [0.25, 0.3) is 0 Å². The fourth-order valence-electron chi connectivity index (χ4n) is 3.66. The maximum absolute atomic E-state index is 13.4. The molecule has 2 aromatic carbocycles. The van der Waals surface area contributed by atoms with Crippen LogP contribution in [0.4, 0.5) is 5.69 Å². The Hall–Kier alpha value is -2.49. The van der Waals surface area contributed by atoms with Crippen LogP contribution >= 0.6 is 23.2 Å². The summed E-state index contributed by atoms with van der Waals surface area (Å²) in [5.74, 6) is 0.157. The predicted molar refractivity (Wildman–Crippen MR) is 149 cm³/mol. The van der Waals surface area contributed by atoms with Gasteiger partial charge in [0.15, 0.2) is 0 Å². The lowest BCUT2D eigenvalue weighted by Crippen LogP contribution is -2.48. The lowest BCUT2D eigenvalue weighted by atomic mass is 10.1. The Morgan fingerprint density at radius 3 is 2.24 bits per heavy atom. The third kappa shape index (κ3) is 9.09. The standard InChI is InChI=1S/C26H35Cl2N3O5S/c1-18(2)16-29-26(33)19(3)30(17-22-23(27)11-7-12-24(22)28)25(32)13-8-14-31(37(5,34)35)20-9-6-10-21(15-20)36-4/h6-7,9-12,15,18-19H,8,13-14,16-17H2,1-5H3,(H,29,33). The Bertz CT molecular complexity index is 1170. The van der Waals surface area contributed by atoms with Gasteiger partial charge in [-0.1, -0.05) is 49.2 Å². The third-order valence-corrected chi connectivity index (χ3v) is 7.64. The van der Waals surface area contributed by atoms with E-state index in [1.165, 1.54) is 16.3 Å². The number of hydrogen-bond donors (Lipinski definition) is 1. The first-order valence-electron chi connectivity index (χ1n) is 12.0. The number of anilines is 1. The molecule has 0 aliphatic rings. The van der Waals surface area contributed by atoms with Gasteiger partial charge in [0.1, 0.15) is 11.8 Å². The second kappa shape index (κ2) is 13.9. The minimum atomic E-state index is -3.61. The third-order valence-electron chi connectivity index (χ3n) is 5.74. The summed E-state index contributed by atoms with van der Waals surface area (Å²) < 4.78 is 31.4. The summed E-state index contributed by atoms with van der Waals surface area (Å²) in [4.78, 5) is 27.7. The Labute approximate surface area is 229 Å². The van der Waals surface area contributed by atoms with Gasteiger partial charge in [-0.15, -0.1) is 0 Å². The van der Waals surface area contributed by atoms with Gasteiger partial charge in [0.05, 0.1) is 19.1 Å². The molecule has 0 spiro atoms. The van der Waals surface area contributed by atoms with Crippen LogP contribution < -0.4 is 14.4 Å². The van der Waals surface area contributed by atoms with Crippen molar-refractivity contribution in [1.82, 2.24) is 10.2 Å². The van der Waals surface area contributed by atoms with Gasteiger partial charge in [-0.25, -0.2) is 8.42 Å². The smallest absolute Gasteiger partial charge is 0.242 e. The summed E-state index contributed by atoms with van der Waals surface area (Å²) in [5.41, 5.74) is 0.979. The molecule has 0 bridgehead atoms. The van der Waals surface area contributed by atoms with E-state index in [0.29, 0.717) is 33.6 Å². The molecule has 0 heterocycles. The summed E-state index contributed by atoms with van der Waals surface area (Å²) in [5, 5.41) is 3.64. The zero-order chi connectivity index (χ0) is 27.8. The molecule has 8 nitrogen and oxygen atoms in total. The summed E-state index contributed by atoms with van der Waals surface area (Å²) in [6.45, 7) is 6.20. The zero-order valence-electron chi connectivity index (χ0n) is 21.8. The van der Waals surface area contributed by atoms with Gasteiger partial charge in [-0.2, -0.15) is 0 Å². The van der Waals surface area contributed by atoms with Crippen molar-refractivity contribution in [3.05, 3.63) is 58.1 Å². The van der Waals surface area contributed by atoms with Gasteiger partial charge in [0.2, 0.25) is 21.8 Å². The summed E-state index contributed by atoms with van der Waals surface area (Å²) in [7, 11) is -2.11. The molecule has 0 saturated carbocycles. The van der Waals surface area contributed by atoms with Crippen LogP contribution in [0.3, 0.4) is 0 Å². The lowest BCUT2D eigenvalue weighted by Gasteiger charge is -2.30. The number of benzene rings is 2. The number of amides is 2. The highest BCUT2D eigenvalue weighted by Crippen LogP contribution is 2.27. The Kier molecular flexibility index (Phi) is 11.5. The average Bonchev–Trinajstić information content (AvgIpc) is 2.83. The van der Waals surface area contributed by atoms with E-state index in [9.17, 15) is 18.0 Å². The number of carbonyl (C=O) groups is 2. The quantitative estimate of drug-likeness (QED) is 0.374. The first-order chi connectivity index (χ1) is 17.3. The van der Waals surface area contributed by atoms with Crippen LogP contribution in [-0.2, 0) is 26.2 Å². The molecule has 1 unspecified atom stereocenters. The van der Waals surface area contributed by atoms with Gasteiger partial charge < -0.3 is 15.0 Å². The fourth-order valence-corrected chi connectivity index (χ4v) is 5.13. The zero-order valence-corrected chi connectivity index (χ0v) is 24.2. The van der Waals surface area contributed by atoms with E-state index in [1.807, 2.05) is 13.8 Å². The molecule has 0 aliphatic carbocycles. The maximum atomic E-state index is 13.4. The Balaban J connectivity index is 2.22. The SMILES string of the molecule is COc1cccc(N(CCCC(=O)N(Cc2c(Cl)cccc2Cl)C(C)C(=O)NCC(C)C)S(C)(=O)=O)c1. The topological polar surface area (TPSA) is 96.0 Å². The summed E-state index contributed by atoms with van der Waals surface area (Å²) in [6.07, 6.45) is 1.36. The molecule has 0 aliphatic heterocycles. The lowest BCUT2D eigenvalue weighted by molar-refractivity contribution is -0.140. The van der Waals surface area contributed by atoms with Crippen molar-refractivity contribution in [3.63, 3.8) is 0 Å². The largest absolute Gasteiger partial charge is 0.497 e. The fraction of sp³-hybridized carbons (Fsp3) is 0.462. The van der Waals surface area contributed by atoms with E-state index in [2.05, 4.69) is 5.32 Å². The number of carbonyl (C=O) groups excluding carboxylic acids is 2. The van der Waals surface area contributed by atoms with Gasteiger partial charge in [-0.3, -0.25) is 13.9 Å². The first-order valence-corrected chi connectivity index (χ1v) is 14.6. The summed E-state index contributed by atoms with van der Waals surface area (Å²) >= 11 is 12.7. The second-order valence-corrected chi connectivity index (χ2v) is 11.9. The molecule has 2 amide bonds. The number of rotatable bonds is 13. The van der Waals surface area contributed by atoms with E-state index in [1.54, 1.807) is 49.4 Å². The molecular weight excluding hydrogens is 537 g/mol. The number of methoxy groups -OCH3 is 1. The number of halogens is 2. The highest BCUT2D eigenvalue weighted by atomic mass is 35.5. The molecule has 11 heteroatoms. The average molecular weight is 573 g/mol. The molecule has 204 valence electrons. The van der Waals surface area contributed by atoms with Crippen LogP contribution in [0.15, 0.2) is 42.5 Å². The van der Waals surface area contributed by atoms with Crippen LogP contribution in [0.2, 0.25) is 10.0 Å². The van der Waals surface area contributed by atoms with E-state index in [4.69, 9.17) is 27.9 Å². The van der Waals surface area contributed by atoms with Gasteiger partial charge in [-0.05, 0) is 43.5 Å².